The van der Waals surface area contributed by atoms with E-state index in [1.54, 1.807) is 6.07 Å². The molecule has 21 heavy (non-hydrogen) atoms. The Labute approximate surface area is 132 Å². The molecule has 1 saturated carbocycles. The van der Waals surface area contributed by atoms with E-state index in [1.807, 2.05) is 0 Å². The van der Waals surface area contributed by atoms with Gasteiger partial charge < -0.3 is 5.32 Å². The molecule has 1 aliphatic carbocycles. The Morgan fingerprint density at radius 1 is 1.48 bits per heavy atom. The largest absolute Gasteiger partial charge is 0.349 e. The van der Waals surface area contributed by atoms with Crippen LogP contribution in [0.15, 0.2) is 22.7 Å². The van der Waals surface area contributed by atoms with Crippen molar-refractivity contribution in [2.24, 2.45) is 11.8 Å². The van der Waals surface area contributed by atoms with Gasteiger partial charge in [-0.3, -0.25) is 14.9 Å². The van der Waals surface area contributed by atoms with Crippen molar-refractivity contribution < 1.29 is 9.72 Å². The maximum absolute atomic E-state index is 12.4. The first-order valence-corrected chi connectivity index (χ1v) is 7.98. The smallest absolute Gasteiger partial charge is 0.270 e. The van der Waals surface area contributed by atoms with Gasteiger partial charge in [0.25, 0.3) is 11.6 Å². The van der Waals surface area contributed by atoms with Crippen LogP contribution in [0.5, 0.6) is 0 Å². The lowest BCUT2D eigenvalue weighted by atomic mass is 9.93. The van der Waals surface area contributed by atoms with Crippen molar-refractivity contribution in [3.05, 3.63) is 38.3 Å². The molecule has 3 atom stereocenters. The number of halogens is 1. The number of rotatable bonds is 4. The third-order valence-electron chi connectivity index (χ3n) is 4.47. The van der Waals surface area contributed by atoms with Gasteiger partial charge >= 0.3 is 0 Å². The van der Waals surface area contributed by atoms with Crippen LogP contribution >= 0.6 is 15.9 Å². The van der Waals surface area contributed by atoms with Crippen LogP contribution in [0.3, 0.4) is 0 Å². The highest BCUT2D eigenvalue weighted by molar-refractivity contribution is 9.10. The quantitative estimate of drug-likeness (QED) is 0.657. The monoisotopic (exact) mass is 354 g/mol. The minimum Gasteiger partial charge on any atom is -0.349 e. The van der Waals surface area contributed by atoms with Crippen LogP contribution in [0.2, 0.25) is 0 Å². The summed E-state index contributed by atoms with van der Waals surface area (Å²) < 4.78 is 0.572. The molecular weight excluding hydrogens is 336 g/mol. The summed E-state index contributed by atoms with van der Waals surface area (Å²) in [6.07, 6.45) is 3.21. The van der Waals surface area contributed by atoms with E-state index in [0.29, 0.717) is 21.9 Å². The number of nitro groups is 1. The molecule has 0 spiro atoms. The van der Waals surface area contributed by atoms with Gasteiger partial charge in [0.05, 0.1) is 10.5 Å². The van der Waals surface area contributed by atoms with Gasteiger partial charge in [-0.25, -0.2) is 0 Å². The van der Waals surface area contributed by atoms with Crippen molar-refractivity contribution in [1.29, 1.82) is 0 Å². The Morgan fingerprint density at radius 2 is 2.19 bits per heavy atom. The zero-order chi connectivity index (χ0) is 15.6. The Morgan fingerprint density at radius 3 is 2.76 bits per heavy atom. The highest BCUT2D eigenvalue weighted by Gasteiger charge is 2.33. The molecule has 1 aromatic rings. The van der Waals surface area contributed by atoms with E-state index < -0.39 is 4.92 Å². The summed E-state index contributed by atoms with van der Waals surface area (Å²) in [5.74, 6) is 0.833. The highest BCUT2D eigenvalue weighted by atomic mass is 79.9. The SMILES string of the molecule is CCC1CCC(NC(=O)c2cc([N+](=O)[O-])ccc2Br)C1C. The number of carbonyl (C=O) groups excluding carboxylic acids is 1. The average molecular weight is 355 g/mol. The third kappa shape index (κ3) is 3.43. The molecule has 1 amide bonds. The summed E-state index contributed by atoms with van der Waals surface area (Å²) in [5, 5.41) is 13.8. The minimum atomic E-state index is -0.492. The second-order valence-corrected chi connectivity index (χ2v) is 6.46. The lowest BCUT2D eigenvalue weighted by molar-refractivity contribution is -0.384. The van der Waals surface area contributed by atoms with Crippen molar-refractivity contribution in [2.75, 3.05) is 0 Å². The molecule has 1 fully saturated rings. The molecule has 0 aromatic heterocycles. The fourth-order valence-electron chi connectivity index (χ4n) is 3.07. The molecule has 2 rings (SSSR count). The molecule has 1 N–H and O–H groups in total. The molecule has 5 nitrogen and oxygen atoms in total. The van der Waals surface area contributed by atoms with Crippen molar-refractivity contribution in [2.45, 2.75) is 39.2 Å². The van der Waals surface area contributed by atoms with Crippen molar-refractivity contribution in [3.8, 4) is 0 Å². The zero-order valence-corrected chi connectivity index (χ0v) is 13.7. The van der Waals surface area contributed by atoms with E-state index in [0.717, 1.165) is 19.3 Å². The fraction of sp³-hybridized carbons (Fsp3) is 0.533. The topological polar surface area (TPSA) is 72.2 Å². The van der Waals surface area contributed by atoms with E-state index >= 15 is 0 Å². The van der Waals surface area contributed by atoms with Gasteiger partial charge in [-0.1, -0.05) is 20.3 Å². The molecule has 0 saturated heterocycles. The molecular formula is C15H19BrN2O3. The highest BCUT2D eigenvalue weighted by Crippen LogP contribution is 2.34. The zero-order valence-electron chi connectivity index (χ0n) is 12.1. The van der Waals surface area contributed by atoms with E-state index in [-0.39, 0.29) is 17.6 Å². The summed E-state index contributed by atoms with van der Waals surface area (Å²) in [5.41, 5.74) is 0.241. The Hall–Kier alpha value is -1.43. The number of nitrogens with one attached hydrogen (secondary N) is 1. The molecule has 1 aromatic carbocycles. The van der Waals surface area contributed by atoms with Crippen LogP contribution in [0.1, 0.15) is 43.5 Å². The van der Waals surface area contributed by atoms with Gasteiger partial charge in [-0.2, -0.15) is 0 Å². The molecule has 0 aliphatic heterocycles. The lowest BCUT2D eigenvalue weighted by Crippen LogP contribution is -2.37. The Kier molecular flexibility index (Phi) is 4.98. The summed E-state index contributed by atoms with van der Waals surface area (Å²) in [4.78, 5) is 22.7. The predicted molar refractivity (Wildman–Crippen MR) is 84.2 cm³/mol. The van der Waals surface area contributed by atoms with Gasteiger partial charge in [-0.05, 0) is 46.7 Å². The molecule has 1 aliphatic rings. The average Bonchev–Trinajstić information content (AvgIpc) is 2.79. The fourth-order valence-corrected chi connectivity index (χ4v) is 3.50. The van der Waals surface area contributed by atoms with Crippen LogP contribution in [0, 0.1) is 22.0 Å². The van der Waals surface area contributed by atoms with Crippen LogP contribution < -0.4 is 5.32 Å². The number of hydrogen-bond donors (Lipinski definition) is 1. The standard InChI is InChI=1S/C15H19BrN2O3/c1-3-10-4-7-14(9(10)2)17-15(19)12-8-11(18(20)21)5-6-13(12)16/h5-6,8-10,14H,3-4,7H2,1-2H3,(H,17,19). The van der Waals surface area contributed by atoms with Crippen LogP contribution in [0.25, 0.3) is 0 Å². The molecule has 0 bridgehead atoms. The maximum Gasteiger partial charge on any atom is 0.270 e. The summed E-state index contributed by atoms with van der Waals surface area (Å²) in [6.45, 7) is 4.33. The first-order valence-electron chi connectivity index (χ1n) is 7.18. The second kappa shape index (κ2) is 6.56. The van der Waals surface area contributed by atoms with Crippen LogP contribution in [-0.4, -0.2) is 16.9 Å². The summed E-state index contributed by atoms with van der Waals surface area (Å²) in [7, 11) is 0. The molecule has 114 valence electrons. The summed E-state index contributed by atoms with van der Waals surface area (Å²) in [6, 6.07) is 4.39. The molecule has 6 heteroatoms. The number of non-ortho nitro benzene ring substituents is 1. The lowest BCUT2D eigenvalue weighted by Gasteiger charge is -2.21. The number of carbonyl (C=O) groups is 1. The van der Waals surface area contributed by atoms with Crippen molar-refractivity contribution >= 4 is 27.5 Å². The van der Waals surface area contributed by atoms with Crippen LogP contribution in [-0.2, 0) is 0 Å². The molecule has 0 radical (unpaired) electrons. The number of amides is 1. The van der Waals surface area contributed by atoms with Crippen LogP contribution in [0.4, 0.5) is 5.69 Å². The van der Waals surface area contributed by atoms with E-state index in [9.17, 15) is 14.9 Å². The van der Waals surface area contributed by atoms with Gasteiger partial charge in [-0.15, -0.1) is 0 Å². The third-order valence-corrected chi connectivity index (χ3v) is 5.16. The number of hydrogen-bond acceptors (Lipinski definition) is 3. The number of nitro benzene ring substituents is 1. The normalized spacial score (nSPS) is 24.8. The van der Waals surface area contributed by atoms with E-state index in [2.05, 4.69) is 35.1 Å². The number of nitrogens with zero attached hydrogens (tertiary/aromatic N) is 1. The number of benzene rings is 1. The van der Waals surface area contributed by atoms with Crippen molar-refractivity contribution in [1.82, 2.24) is 5.32 Å². The first kappa shape index (κ1) is 15.9. The predicted octanol–water partition coefficient (Wildman–Crippen LogP) is 3.91. The van der Waals surface area contributed by atoms with Gasteiger partial charge in [0.15, 0.2) is 0 Å². The van der Waals surface area contributed by atoms with Gasteiger partial charge in [0.2, 0.25) is 0 Å². The first-order chi connectivity index (χ1) is 9.93. The Balaban J connectivity index is 2.14. The molecule has 3 unspecified atom stereocenters. The summed E-state index contributed by atoms with van der Waals surface area (Å²) >= 11 is 3.29. The minimum absolute atomic E-state index is 0.0748. The second-order valence-electron chi connectivity index (χ2n) is 5.61. The van der Waals surface area contributed by atoms with Crippen molar-refractivity contribution in [3.63, 3.8) is 0 Å². The Bertz CT molecular complexity index is 562. The molecule has 0 heterocycles. The maximum atomic E-state index is 12.4. The van der Waals surface area contributed by atoms with E-state index in [1.165, 1.54) is 12.1 Å². The van der Waals surface area contributed by atoms with Gasteiger partial charge in [0, 0.05) is 22.6 Å². The van der Waals surface area contributed by atoms with E-state index in [4.69, 9.17) is 0 Å². The van der Waals surface area contributed by atoms with Gasteiger partial charge in [0.1, 0.15) is 0 Å².